The van der Waals surface area contributed by atoms with Gasteiger partial charge in [0.25, 0.3) is 5.91 Å². The van der Waals surface area contributed by atoms with Gasteiger partial charge >= 0.3 is 0 Å². The molecule has 110 valence electrons. The highest BCUT2D eigenvalue weighted by Crippen LogP contribution is 2.19. The highest BCUT2D eigenvalue weighted by molar-refractivity contribution is 5.94. The van der Waals surface area contributed by atoms with E-state index in [0.29, 0.717) is 5.56 Å². The van der Waals surface area contributed by atoms with E-state index in [4.69, 9.17) is 0 Å². The molecule has 1 amide bonds. The smallest absolute Gasteiger partial charge is 0.251 e. The van der Waals surface area contributed by atoms with Gasteiger partial charge in [-0.05, 0) is 37.1 Å². The van der Waals surface area contributed by atoms with Crippen LogP contribution in [0.4, 0.5) is 5.69 Å². The van der Waals surface area contributed by atoms with Crippen molar-refractivity contribution in [3.63, 3.8) is 0 Å². The van der Waals surface area contributed by atoms with Crippen LogP contribution in [0.1, 0.15) is 42.5 Å². The van der Waals surface area contributed by atoms with Gasteiger partial charge < -0.3 is 15.3 Å². The van der Waals surface area contributed by atoms with Gasteiger partial charge in [0.2, 0.25) is 0 Å². The summed E-state index contributed by atoms with van der Waals surface area (Å²) in [5.74, 6) is -0.0961. The maximum atomic E-state index is 12.2. The SMILES string of the molecule is CN(C)c1ccc(C(=O)N[C@H]2CCCCC[C@H]2O)cc1. The van der Waals surface area contributed by atoms with E-state index < -0.39 is 6.10 Å². The summed E-state index contributed by atoms with van der Waals surface area (Å²) in [5.41, 5.74) is 1.71. The Kier molecular flexibility index (Phi) is 5.01. The average Bonchev–Trinajstić information content (AvgIpc) is 2.64. The Morgan fingerprint density at radius 3 is 2.45 bits per heavy atom. The lowest BCUT2D eigenvalue weighted by Gasteiger charge is -2.22. The van der Waals surface area contributed by atoms with Crippen molar-refractivity contribution in [1.82, 2.24) is 5.32 Å². The molecule has 1 fully saturated rings. The molecule has 1 aliphatic rings. The lowest BCUT2D eigenvalue weighted by molar-refractivity contribution is 0.0819. The number of amides is 1. The summed E-state index contributed by atoms with van der Waals surface area (Å²) < 4.78 is 0. The van der Waals surface area contributed by atoms with Gasteiger partial charge in [0.1, 0.15) is 0 Å². The van der Waals surface area contributed by atoms with Crippen molar-refractivity contribution >= 4 is 11.6 Å². The third kappa shape index (κ3) is 3.73. The van der Waals surface area contributed by atoms with E-state index in [1.807, 2.05) is 43.3 Å². The first-order chi connectivity index (χ1) is 9.58. The Morgan fingerprint density at radius 1 is 1.15 bits per heavy atom. The zero-order valence-electron chi connectivity index (χ0n) is 12.3. The molecule has 1 saturated carbocycles. The number of carbonyl (C=O) groups is 1. The topological polar surface area (TPSA) is 52.6 Å². The number of aliphatic hydroxyl groups excluding tert-OH is 1. The lowest BCUT2D eigenvalue weighted by atomic mass is 10.1. The number of nitrogens with zero attached hydrogens (tertiary/aromatic N) is 1. The number of anilines is 1. The van der Waals surface area contributed by atoms with Crippen LogP contribution in [0.25, 0.3) is 0 Å². The van der Waals surface area contributed by atoms with Crippen molar-refractivity contribution in [3.8, 4) is 0 Å². The third-order valence-corrected chi connectivity index (χ3v) is 3.94. The predicted octanol–water partition coefficient (Wildman–Crippen LogP) is 2.18. The van der Waals surface area contributed by atoms with Crippen molar-refractivity contribution in [1.29, 1.82) is 0 Å². The van der Waals surface area contributed by atoms with Gasteiger partial charge in [-0.25, -0.2) is 0 Å². The minimum Gasteiger partial charge on any atom is -0.391 e. The van der Waals surface area contributed by atoms with Gasteiger partial charge in [-0.2, -0.15) is 0 Å². The lowest BCUT2D eigenvalue weighted by Crippen LogP contribution is -2.42. The van der Waals surface area contributed by atoms with Crippen molar-refractivity contribution in [2.75, 3.05) is 19.0 Å². The van der Waals surface area contributed by atoms with Crippen molar-refractivity contribution < 1.29 is 9.90 Å². The zero-order chi connectivity index (χ0) is 14.5. The molecule has 0 aliphatic heterocycles. The molecule has 2 rings (SSSR count). The molecule has 4 nitrogen and oxygen atoms in total. The van der Waals surface area contributed by atoms with E-state index in [1.165, 1.54) is 0 Å². The van der Waals surface area contributed by atoms with Crippen LogP contribution < -0.4 is 10.2 Å². The summed E-state index contributed by atoms with van der Waals surface area (Å²) in [5, 5.41) is 13.0. The quantitative estimate of drug-likeness (QED) is 0.832. The standard InChI is InChI=1S/C16H24N2O2/c1-18(2)13-10-8-12(9-11-13)16(20)17-14-6-4-3-5-7-15(14)19/h8-11,14-15,19H,3-7H2,1-2H3,(H,17,20)/t14-,15+/m0/s1. The van der Waals surface area contributed by atoms with Crippen LogP contribution in [0.15, 0.2) is 24.3 Å². The summed E-state index contributed by atoms with van der Waals surface area (Å²) in [6.45, 7) is 0. The molecule has 0 unspecified atom stereocenters. The summed E-state index contributed by atoms with van der Waals surface area (Å²) in [7, 11) is 3.94. The van der Waals surface area contributed by atoms with Gasteiger partial charge in [0, 0.05) is 25.3 Å². The number of carbonyl (C=O) groups excluding carboxylic acids is 1. The molecule has 0 aromatic heterocycles. The van der Waals surface area contributed by atoms with E-state index in [0.717, 1.165) is 37.8 Å². The fourth-order valence-corrected chi connectivity index (χ4v) is 2.62. The molecular formula is C16H24N2O2. The van der Waals surface area contributed by atoms with E-state index >= 15 is 0 Å². The Labute approximate surface area is 120 Å². The first-order valence-electron chi connectivity index (χ1n) is 7.34. The molecule has 4 heteroatoms. The maximum absolute atomic E-state index is 12.2. The predicted molar refractivity (Wildman–Crippen MR) is 81.1 cm³/mol. The van der Waals surface area contributed by atoms with E-state index in [9.17, 15) is 9.90 Å². The van der Waals surface area contributed by atoms with Crippen molar-refractivity contribution in [2.24, 2.45) is 0 Å². The summed E-state index contributed by atoms with van der Waals surface area (Å²) in [6.07, 6.45) is 4.49. The zero-order valence-corrected chi connectivity index (χ0v) is 12.3. The van der Waals surface area contributed by atoms with E-state index in [2.05, 4.69) is 5.32 Å². The van der Waals surface area contributed by atoms with Crippen molar-refractivity contribution in [3.05, 3.63) is 29.8 Å². The van der Waals surface area contributed by atoms with Gasteiger partial charge in [0.15, 0.2) is 0 Å². The average molecular weight is 276 g/mol. The normalized spacial score (nSPS) is 22.9. The summed E-state index contributed by atoms with van der Waals surface area (Å²) in [4.78, 5) is 14.2. The van der Waals surface area contributed by atoms with Crippen LogP contribution in [0, 0.1) is 0 Å². The van der Waals surface area contributed by atoms with Gasteiger partial charge in [-0.3, -0.25) is 4.79 Å². The number of hydrogen-bond acceptors (Lipinski definition) is 3. The van der Waals surface area contributed by atoms with Gasteiger partial charge in [-0.1, -0.05) is 19.3 Å². The molecule has 1 aliphatic carbocycles. The maximum Gasteiger partial charge on any atom is 0.251 e. The van der Waals surface area contributed by atoms with Crippen LogP contribution in [0.3, 0.4) is 0 Å². The summed E-state index contributed by atoms with van der Waals surface area (Å²) in [6, 6.07) is 7.40. The Morgan fingerprint density at radius 2 is 1.80 bits per heavy atom. The monoisotopic (exact) mass is 276 g/mol. The van der Waals surface area contributed by atoms with Crippen LogP contribution in [-0.2, 0) is 0 Å². The molecule has 2 atom stereocenters. The molecular weight excluding hydrogens is 252 g/mol. The van der Waals surface area contributed by atoms with Gasteiger partial charge in [0.05, 0.1) is 12.1 Å². The molecule has 1 aromatic carbocycles. The van der Waals surface area contributed by atoms with E-state index in [1.54, 1.807) is 0 Å². The van der Waals surface area contributed by atoms with Crippen LogP contribution >= 0.6 is 0 Å². The number of benzene rings is 1. The molecule has 2 N–H and O–H groups in total. The van der Waals surface area contributed by atoms with Gasteiger partial charge in [-0.15, -0.1) is 0 Å². The fraction of sp³-hybridized carbons (Fsp3) is 0.562. The number of hydrogen-bond donors (Lipinski definition) is 2. The Balaban J connectivity index is 1.99. The molecule has 0 heterocycles. The molecule has 0 spiro atoms. The first-order valence-corrected chi connectivity index (χ1v) is 7.34. The molecule has 0 saturated heterocycles. The summed E-state index contributed by atoms with van der Waals surface area (Å²) >= 11 is 0. The second-order valence-electron chi connectivity index (χ2n) is 5.73. The molecule has 0 bridgehead atoms. The third-order valence-electron chi connectivity index (χ3n) is 3.94. The van der Waals surface area contributed by atoms with E-state index in [-0.39, 0.29) is 11.9 Å². The minimum absolute atomic E-state index is 0.0961. The second-order valence-corrected chi connectivity index (χ2v) is 5.73. The Bertz CT molecular complexity index is 442. The van der Waals surface area contributed by atoms with Crippen molar-refractivity contribution in [2.45, 2.75) is 44.2 Å². The molecule has 1 aromatic rings. The molecule has 20 heavy (non-hydrogen) atoms. The van der Waals surface area contributed by atoms with Crippen LogP contribution in [0.2, 0.25) is 0 Å². The highest BCUT2D eigenvalue weighted by Gasteiger charge is 2.23. The second kappa shape index (κ2) is 6.75. The minimum atomic E-state index is -0.414. The number of aliphatic hydroxyl groups is 1. The molecule has 0 radical (unpaired) electrons. The van der Waals surface area contributed by atoms with Crippen LogP contribution in [-0.4, -0.2) is 37.3 Å². The largest absolute Gasteiger partial charge is 0.391 e. The first kappa shape index (κ1) is 14.9. The Hall–Kier alpha value is -1.55. The highest BCUT2D eigenvalue weighted by atomic mass is 16.3. The fourth-order valence-electron chi connectivity index (χ4n) is 2.62. The number of rotatable bonds is 3. The number of nitrogens with one attached hydrogen (secondary N) is 1. The van der Waals surface area contributed by atoms with Crippen LogP contribution in [0.5, 0.6) is 0 Å².